The highest BCUT2D eigenvalue weighted by atomic mass is 79.9. The number of nitrogens with zero attached hydrogens (tertiary/aromatic N) is 2. The van der Waals surface area contributed by atoms with Crippen LogP contribution in [0.2, 0.25) is 0 Å². The number of hydrogen-bond acceptors (Lipinski definition) is 3. The smallest absolute Gasteiger partial charge is 0.257 e. The molecule has 0 aliphatic rings. The van der Waals surface area contributed by atoms with E-state index in [1.54, 1.807) is 30.7 Å². The number of amides is 1. The summed E-state index contributed by atoms with van der Waals surface area (Å²) >= 11 is 3.32. The minimum atomic E-state index is -0.187. The van der Waals surface area contributed by atoms with Crippen molar-refractivity contribution in [2.45, 2.75) is 6.92 Å². The zero-order valence-electron chi connectivity index (χ0n) is 9.14. The molecule has 17 heavy (non-hydrogen) atoms. The second kappa shape index (κ2) is 5.05. The van der Waals surface area contributed by atoms with E-state index in [4.69, 9.17) is 0 Å². The first kappa shape index (κ1) is 11.7. The average molecular weight is 292 g/mol. The lowest BCUT2D eigenvalue weighted by Crippen LogP contribution is -2.12. The van der Waals surface area contributed by atoms with Gasteiger partial charge in [0.05, 0.1) is 15.7 Å². The Kier molecular flexibility index (Phi) is 3.49. The number of pyridine rings is 2. The Morgan fingerprint density at radius 2 is 2.12 bits per heavy atom. The summed E-state index contributed by atoms with van der Waals surface area (Å²) in [5.41, 5.74) is 2.17. The molecule has 0 fully saturated rings. The number of aromatic nitrogens is 2. The topological polar surface area (TPSA) is 54.9 Å². The third-order valence-electron chi connectivity index (χ3n) is 2.16. The Morgan fingerprint density at radius 3 is 2.82 bits per heavy atom. The van der Waals surface area contributed by atoms with Gasteiger partial charge in [0.25, 0.3) is 5.91 Å². The maximum Gasteiger partial charge on any atom is 0.257 e. The van der Waals surface area contributed by atoms with Gasteiger partial charge in [0.1, 0.15) is 0 Å². The van der Waals surface area contributed by atoms with Crippen LogP contribution in [-0.2, 0) is 0 Å². The number of carbonyl (C=O) groups is 1. The molecule has 86 valence electrons. The number of hydrogen-bond donors (Lipinski definition) is 1. The van der Waals surface area contributed by atoms with Gasteiger partial charge in [0.2, 0.25) is 0 Å². The molecule has 2 heterocycles. The quantitative estimate of drug-likeness (QED) is 0.926. The van der Waals surface area contributed by atoms with Crippen molar-refractivity contribution in [3.63, 3.8) is 0 Å². The molecule has 2 rings (SSSR count). The maximum atomic E-state index is 11.9. The molecule has 0 atom stereocenters. The number of aryl methyl sites for hydroxylation is 1. The fourth-order valence-corrected chi connectivity index (χ4v) is 1.70. The van der Waals surface area contributed by atoms with Crippen LogP contribution >= 0.6 is 15.9 Å². The molecule has 0 spiro atoms. The minimum absolute atomic E-state index is 0.187. The second-order valence-corrected chi connectivity index (χ2v) is 4.41. The van der Waals surface area contributed by atoms with Crippen LogP contribution in [0.3, 0.4) is 0 Å². The molecule has 1 N–H and O–H groups in total. The average Bonchev–Trinajstić information content (AvgIpc) is 2.32. The summed E-state index contributed by atoms with van der Waals surface area (Å²) in [6.07, 6.45) is 6.50. The highest BCUT2D eigenvalue weighted by Gasteiger charge is 2.08. The Labute approximate surface area is 107 Å². The van der Waals surface area contributed by atoms with E-state index in [-0.39, 0.29) is 5.91 Å². The number of anilines is 1. The first-order chi connectivity index (χ1) is 8.16. The van der Waals surface area contributed by atoms with Crippen molar-refractivity contribution in [1.82, 2.24) is 9.97 Å². The highest BCUT2D eigenvalue weighted by Crippen LogP contribution is 2.20. The van der Waals surface area contributed by atoms with Crippen LogP contribution in [0.15, 0.2) is 41.4 Å². The summed E-state index contributed by atoms with van der Waals surface area (Å²) in [5.74, 6) is -0.187. The third kappa shape index (κ3) is 2.88. The van der Waals surface area contributed by atoms with Gasteiger partial charge in [0, 0.05) is 24.8 Å². The highest BCUT2D eigenvalue weighted by molar-refractivity contribution is 9.10. The second-order valence-electron chi connectivity index (χ2n) is 3.56. The Bertz CT molecular complexity index is 557. The molecule has 0 bridgehead atoms. The predicted molar refractivity (Wildman–Crippen MR) is 68.9 cm³/mol. The largest absolute Gasteiger partial charge is 0.321 e. The van der Waals surface area contributed by atoms with Crippen molar-refractivity contribution >= 4 is 27.5 Å². The summed E-state index contributed by atoms with van der Waals surface area (Å²) in [7, 11) is 0. The zero-order valence-corrected chi connectivity index (χ0v) is 10.7. The number of halogens is 1. The van der Waals surface area contributed by atoms with E-state index in [0.29, 0.717) is 11.3 Å². The molecule has 0 radical (unpaired) electrons. The van der Waals surface area contributed by atoms with Gasteiger partial charge in [-0.05, 0) is 40.5 Å². The van der Waals surface area contributed by atoms with Crippen LogP contribution in [0, 0.1) is 6.92 Å². The third-order valence-corrected chi connectivity index (χ3v) is 2.79. The molecule has 1 amide bonds. The molecule has 0 aliphatic heterocycles. The fourth-order valence-electron chi connectivity index (χ4n) is 1.35. The van der Waals surface area contributed by atoms with Crippen molar-refractivity contribution in [2.75, 3.05) is 5.32 Å². The van der Waals surface area contributed by atoms with Crippen LogP contribution in [-0.4, -0.2) is 15.9 Å². The van der Waals surface area contributed by atoms with E-state index in [1.165, 1.54) is 6.20 Å². The molecular formula is C12H10BrN3O. The van der Waals surface area contributed by atoms with E-state index in [1.807, 2.05) is 6.92 Å². The van der Waals surface area contributed by atoms with Gasteiger partial charge in [-0.2, -0.15) is 0 Å². The molecule has 0 aromatic carbocycles. The lowest BCUT2D eigenvalue weighted by Gasteiger charge is -2.06. The van der Waals surface area contributed by atoms with Gasteiger partial charge in [0.15, 0.2) is 0 Å². The van der Waals surface area contributed by atoms with Crippen LogP contribution in [0.25, 0.3) is 0 Å². The first-order valence-corrected chi connectivity index (χ1v) is 5.78. The Balaban J connectivity index is 2.20. The zero-order chi connectivity index (χ0) is 12.3. The van der Waals surface area contributed by atoms with E-state index in [0.717, 1.165) is 10.0 Å². The van der Waals surface area contributed by atoms with Gasteiger partial charge < -0.3 is 5.32 Å². The summed E-state index contributed by atoms with van der Waals surface area (Å²) in [6, 6.07) is 3.52. The van der Waals surface area contributed by atoms with E-state index < -0.39 is 0 Å². The molecule has 0 aliphatic carbocycles. The molecule has 4 nitrogen and oxygen atoms in total. The van der Waals surface area contributed by atoms with Crippen LogP contribution < -0.4 is 5.32 Å². The molecule has 2 aromatic heterocycles. The van der Waals surface area contributed by atoms with Crippen molar-refractivity contribution in [1.29, 1.82) is 0 Å². The summed E-state index contributed by atoms with van der Waals surface area (Å²) < 4.78 is 0.744. The van der Waals surface area contributed by atoms with E-state index in [9.17, 15) is 4.79 Å². The normalized spacial score (nSPS) is 10.0. The van der Waals surface area contributed by atoms with Crippen LogP contribution in [0.5, 0.6) is 0 Å². The van der Waals surface area contributed by atoms with Gasteiger partial charge in [-0.15, -0.1) is 0 Å². The number of nitrogens with one attached hydrogen (secondary N) is 1. The minimum Gasteiger partial charge on any atom is -0.321 e. The summed E-state index contributed by atoms with van der Waals surface area (Å²) in [5, 5.41) is 2.79. The monoisotopic (exact) mass is 291 g/mol. The van der Waals surface area contributed by atoms with Crippen LogP contribution in [0.4, 0.5) is 5.69 Å². The van der Waals surface area contributed by atoms with Gasteiger partial charge in [-0.25, -0.2) is 0 Å². The number of rotatable bonds is 2. The van der Waals surface area contributed by atoms with E-state index >= 15 is 0 Å². The van der Waals surface area contributed by atoms with E-state index in [2.05, 4.69) is 31.2 Å². The molecule has 0 unspecified atom stereocenters. The van der Waals surface area contributed by atoms with Crippen molar-refractivity contribution < 1.29 is 4.79 Å². The van der Waals surface area contributed by atoms with Crippen molar-refractivity contribution in [3.05, 3.63) is 52.5 Å². The van der Waals surface area contributed by atoms with Crippen LogP contribution in [0.1, 0.15) is 15.9 Å². The molecule has 0 saturated carbocycles. The van der Waals surface area contributed by atoms with Gasteiger partial charge in [-0.1, -0.05) is 0 Å². The molecular weight excluding hydrogens is 282 g/mol. The van der Waals surface area contributed by atoms with Gasteiger partial charge in [-0.3, -0.25) is 14.8 Å². The maximum absolute atomic E-state index is 11.9. The number of carbonyl (C=O) groups excluding carboxylic acids is 1. The lowest BCUT2D eigenvalue weighted by molar-refractivity contribution is 0.102. The van der Waals surface area contributed by atoms with Crippen molar-refractivity contribution in [2.24, 2.45) is 0 Å². The Hall–Kier alpha value is -1.75. The standard InChI is InChI=1S/C12H10BrN3O/c1-8-4-9(6-15-5-8)12(17)16-11-2-3-14-7-10(11)13/h2-7H,1H3,(H,14,16,17). The summed E-state index contributed by atoms with van der Waals surface area (Å²) in [6.45, 7) is 1.89. The first-order valence-electron chi connectivity index (χ1n) is 4.99. The SMILES string of the molecule is Cc1cncc(C(=O)Nc2ccncc2Br)c1. The predicted octanol–water partition coefficient (Wildman–Crippen LogP) is 2.80. The molecule has 5 heteroatoms. The summed E-state index contributed by atoms with van der Waals surface area (Å²) in [4.78, 5) is 19.8. The molecule has 0 saturated heterocycles. The Morgan fingerprint density at radius 1 is 1.29 bits per heavy atom. The lowest BCUT2D eigenvalue weighted by atomic mass is 10.2. The van der Waals surface area contributed by atoms with Crippen molar-refractivity contribution in [3.8, 4) is 0 Å². The van der Waals surface area contributed by atoms with Gasteiger partial charge >= 0.3 is 0 Å². The molecule has 2 aromatic rings. The fraction of sp³-hybridized carbons (Fsp3) is 0.0833.